The second kappa shape index (κ2) is 9.45. The summed E-state index contributed by atoms with van der Waals surface area (Å²) >= 11 is 0. The predicted molar refractivity (Wildman–Crippen MR) is 104 cm³/mol. The molecule has 1 amide bonds. The van der Waals surface area contributed by atoms with Crippen LogP contribution in [0.25, 0.3) is 0 Å². The molecule has 10 heteroatoms. The number of hydrogen-bond acceptors (Lipinski definition) is 8. The highest BCUT2D eigenvalue weighted by Gasteiger charge is 2.34. The van der Waals surface area contributed by atoms with Gasteiger partial charge in [-0.05, 0) is 50.9 Å². The molecule has 0 radical (unpaired) electrons. The number of carbonyl (C=O) groups excluding carboxylic acids is 2. The number of nitrogens with zero attached hydrogens (tertiary/aromatic N) is 1. The third-order valence-corrected chi connectivity index (χ3v) is 6.17. The van der Waals surface area contributed by atoms with Crippen LogP contribution in [0.3, 0.4) is 0 Å². The minimum atomic E-state index is -4.52. The molecule has 2 heterocycles. The van der Waals surface area contributed by atoms with Crippen LogP contribution >= 0.6 is 0 Å². The van der Waals surface area contributed by atoms with Crippen LogP contribution in [0.2, 0.25) is 0 Å². The van der Waals surface area contributed by atoms with Crippen molar-refractivity contribution in [3.63, 3.8) is 0 Å². The van der Waals surface area contributed by atoms with Crippen LogP contribution in [0.15, 0.2) is 24.3 Å². The molecular weight excluding hydrogens is 400 g/mol. The Balaban J connectivity index is 1.55. The normalized spacial score (nSPS) is 22.2. The molecule has 3 rings (SSSR count). The standard InChI is InChI=1S/C19H26N2O7S/c1-26-18(22)15-8-2-3-10-17(15)28-29(24,25)20-19(23)27-13-14-7-6-12-21-11-5-4-9-16(14)21/h2-3,8,10,14,16H,4-7,9,11-13H2,1H3,(H,20,23)/t14-,16-/m0/s1. The SMILES string of the molecule is COC(=O)c1ccccc1OS(=O)(=O)NC(=O)OC[C@@H]1CCCN2CCCC[C@@H]12. The van der Waals surface area contributed by atoms with Gasteiger partial charge in [0.25, 0.3) is 0 Å². The Morgan fingerprint density at radius 1 is 1.14 bits per heavy atom. The molecule has 29 heavy (non-hydrogen) atoms. The van der Waals surface area contributed by atoms with Crippen molar-refractivity contribution < 1.29 is 31.7 Å². The van der Waals surface area contributed by atoms with E-state index in [-0.39, 0.29) is 23.8 Å². The molecule has 0 bridgehead atoms. The third kappa shape index (κ3) is 5.60. The summed E-state index contributed by atoms with van der Waals surface area (Å²) in [6, 6.07) is 6.05. The Labute approximate surface area is 170 Å². The zero-order chi connectivity index (χ0) is 20.9. The van der Waals surface area contributed by atoms with Gasteiger partial charge in [-0.1, -0.05) is 18.6 Å². The second-order valence-electron chi connectivity index (χ2n) is 7.23. The van der Waals surface area contributed by atoms with Crippen molar-refractivity contribution in [1.29, 1.82) is 0 Å². The fourth-order valence-corrected chi connectivity index (χ4v) is 4.73. The van der Waals surface area contributed by atoms with E-state index in [1.807, 2.05) is 0 Å². The molecule has 2 aliphatic heterocycles. The summed E-state index contributed by atoms with van der Waals surface area (Å²) in [5, 5.41) is 0. The van der Waals surface area contributed by atoms with E-state index in [9.17, 15) is 18.0 Å². The van der Waals surface area contributed by atoms with Gasteiger partial charge < -0.3 is 13.7 Å². The molecule has 0 spiro atoms. The average molecular weight is 426 g/mol. The topological polar surface area (TPSA) is 111 Å². The van der Waals surface area contributed by atoms with E-state index < -0.39 is 22.4 Å². The van der Waals surface area contributed by atoms with Crippen molar-refractivity contribution in [1.82, 2.24) is 9.62 Å². The lowest BCUT2D eigenvalue weighted by molar-refractivity contribution is 0.0244. The van der Waals surface area contributed by atoms with Gasteiger partial charge in [0.05, 0.1) is 13.7 Å². The van der Waals surface area contributed by atoms with Crippen LogP contribution in [0.1, 0.15) is 42.5 Å². The Morgan fingerprint density at radius 2 is 1.90 bits per heavy atom. The lowest BCUT2D eigenvalue weighted by Crippen LogP contribution is -2.49. The zero-order valence-electron chi connectivity index (χ0n) is 16.3. The van der Waals surface area contributed by atoms with Gasteiger partial charge in [0, 0.05) is 12.0 Å². The lowest BCUT2D eigenvalue weighted by Gasteiger charge is -2.44. The first-order chi connectivity index (χ1) is 13.9. The summed E-state index contributed by atoms with van der Waals surface area (Å²) in [4.78, 5) is 26.2. The van der Waals surface area contributed by atoms with Gasteiger partial charge >= 0.3 is 22.4 Å². The van der Waals surface area contributed by atoms with Crippen molar-refractivity contribution >= 4 is 22.4 Å². The molecule has 2 fully saturated rings. The number of esters is 1. The first-order valence-corrected chi connectivity index (χ1v) is 11.1. The molecule has 0 unspecified atom stereocenters. The molecule has 2 saturated heterocycles. The smallest absolute Gasteiger partial charge is 0.423 e. The van der Waals surface area contributed by atoms with Gasteiger partial charge in [-0.15, -0.1) is 0 Å². The summed E-state index contributed by atoms with van der Waals surface area (Å²) < 4.78 is 40.7. The van der Waals surface area contributed by atoms with Crippen LogP contribution in [0, 0.1) is 5.92 Å². The summed E-state index contributed by atoms with van der Waals surface area (Å²) in [6.45, 7) is 2.28. The fraction of sp³-hybridized carbons (Fsp3) is 0.579. The molecule has 0 aliphatic carbocycles. The fourth-order valence-electron chi connectivity index (χ4n) is 4.04. The maximum absolute atomic E-state index is 12.2. The number of amides is 1. The Bertz CT molecular complexity index is 841. The molecule has 0 aromatic heterocycles. The van der Waals surface area contributed by atoms with Crippen molar-refractivity contribution in [2.45, 2.75) is 38.1 Å². The number of carbonyl (C=O) groups is 2. The van der Waals surface area contributed by atoms with E-state index in [1.165, 1.54) is 37.8 Å². The van der Waals surface area contributed by atoms with Gasteiger partial charge in [-0.3, -0.25) is 4.90 Å². The molecule has 2 atom stereocenters. The summed E-state index contributed by atoms with van der Waals surface area (Å²) in [7, 11) is -3.35. The average Bonchev–Trinajstić information content (AvgIpc) is 2.71. The maximum atomic E-state index is 12.2. The number of fused-ring (bicyclic) bond motifs is 1. The van der Waals surface area contributed by atoms with Gasteiger partial charge in [-0.2, -0.15) is 13.1 Å². The number of para-hydroxylation sites is 1. The van der Waals surface area contributed by atoms with E-state index in [4.69, 9.17) is 8.92 Å². The molecule has 1 aromatic rings. The molecule has 2 aliphatic rings. The first-order valence-electron chi connectivity index (χ1n) is 9.70. The van der Waals surface area contributed by atoms with E-state index in [0.717, 1.165) is 38.8 Å². The van der Waals surface area contributed by atoms with Gasteiger partial charge in [0.2, 0.25) is 0 Å². The van der Waals surface area contributed by atoms with E-state index >= 15 is 0 Å². The highest BCUT2D eigenvalue weighted by atomic mass is 32.2. The number of piperidine rings is 2. The largest absolute Gasteiger partial charge is 0.465 e. The van der Waals surface area contributed by atoms with Crippen molar-refractivity contribution in [2.24, 2.45) is 5.92 Å². The second-order valence-corrected chi connectivity index (χ2v) is 8.51. The van der Waals surface area contributed by atoms with Crippen LogP contribution < -0.4 is 8.91 Å². The van der Waals surface area contributed by atoms with Crippen molar-refractivity contribution in [3.8, 4) is 5.75 Å². The molecule has 0 saturated carbocycles. The minimum Gasteiger partial charge on any atom is -0.465 e. The van der Waals surface area contributed by atoms with Crippen LogP contribution in [0.4, 0.5) is 4.79 Å². The van der Waals surface area contributed by atoms with E-state index in [2.05, 4.69) is 9.64 Å². The summed E-state index contributed by atoms with van der Waals surface area (Å²) in [5.74, 6) is -0.809. The predicted octanol–water partition coefficient (Wildman–Crippen LogP) is 2.09. The highest BCUT2D eigenvalue weighted by molar-refractivity contribution is 7.85. The van der Waals surface area contributed by atoms with Crippen molar-refractivity contribution in [2.75, 3.05) is 26.8 Å². The number of ether oxygens (including phenoxy) is 2. The number of hydrogen-bond donors (Lipinski definition) is 1. The zero-order valence-corrected chi connectivity index (χ0v) is 17.2. The van der Waals surface area contributed by atoms with Crippen LogP contribution in [-0.2, 0) is 19.8 Å². The quantitative estimate of drug-likeness (QED) is 0.689. The maximum Gasteiger partial charge on any atom is 0.423 e. The van der Waals surface area contributed by atoms with E-state index in [1.54, 1.807) is 4.72 Å². The monoisotopic (exact) mass is 426 g/mol. The first kappa shape index (κ1) is 21.4. The number of benzene rings is 1. The molecule has 1 N–H and O–H groups in total. The van der Waals surface area contributed by atoms with Gasteiger partial charge in [0.15, 0.2) is 5.75 Å². The molecular formula is C19H26N2O7S. The van der Waals surface area contributed by atoms with Crippen molar-refractivity contribution in [3.05, 3.63) is 29.8 Å². The highest BCUT2D eigenvalue weighted by Crippen LogP contribution is 2.31. The summed E-state index contributed by atoms with van der Waals surface area (Å²) in [6.07, 6.45) is 4.30. The molecule has 1 aromatic carbocycles. The van der Waals surface area contributed by atoms with Gasteiger partial charge in [0.1, 0.15) is 5.56 Å². The third-order valence-electron chi connectivity index (χ3n) is 5.36. The number of methoxy groups -OCH3 is 1. The lowest BCUT2D eigenvalue weighted by atomic mass is 9.84. The Hall–Kier alpha value is -2.33. The Morgan fingerprint density at radius 3 is 2.69 bits per heavy atom. The molecule has 9 nitrogen and oxygen atoms in total. The van der Waals surface area contributed by atoms with Crippen LogP contribution in [-0.4, -0.2) is 58.2 Å². The summed E-state index contributed by atoms with van der Waals surface area (Å²) in [5.41, 5.74) is -0.0756. The Kier molecular flexibility index (Phi) is 6.96. The van der Waals surface area contributed by atoms with Gasteiger partial charge in [-0.25, -0.2) is 9.59 Å². The number of rotatable bonds is 6. The minimum absolute atomic E-state index is 0.0756. The molecule has 160 valence electrons. The number of nitrogens with one attached hydrogen (secondary N) is 1. The van der Waals surface area contributed by atoms with Crippen LogP contribution in [0.5, 0.6) is 5.75 Å². The van der Waals surface area contributed by atoms with E-state index in [0.29, 0.717) is 6.04 Å².